The molecule has 13 heavy (non-hydrogen) atoms. The maximum Gasteiger partial charge on any atom is 0.251 e. The van der Waals surface area contributed by atoms with Crippen LogP contribution in [0.1, 0.15) is 13.3 Å². The van der Waals surface area contributed by atoms with Gasteiger partial charge in [0.25, 0.3) is 6.43 Å². The predicted molar refractivity (Wildman–Crippen MR) is 49.2 cm³/mol. The van der Waals surface area contributed by atoms with Crippen molar-refractivity contribution in [2.45, 2.75) is 25.8 Å². The van der Waals surface area contributed by atoms with Crippen molar-refractivity contribution in [1.29, 1.82) is 0 Å². The second kappa shape index (κ2) is 4.86. The summed E-state index contributed by atoms with van der Waals surface area (Å²) in [7, 11) is 2.04. The first kappa shape index (κ1) is 10.9. The van der Waals surface area contributed by atoms with Crippen LogP contribution >= 0.6 is 0 Å². The minimum absolute atomic E-state index is 0.0631. The van der Waals surface area contributed by atoms with Gasteiger partial charge in [0, 0.05) is 25.7 Å². The van der Waals surface area contributed by atoms with Crippen LogP contribution in [0.25, 0.3) is 0 Å². The Balaban J connectivity index is 2.42. The Kier molecular flexibility index (Phi) is 4.06. The molecule has 1 heterocycles. The molecule has 1 rings (SSSR count). The molecule has 0 aromatic carbocycles. The van der Waals surface area contributed by atoms with Gasteiger partial charge in [-0.3, -0.25) is 4.90 Å². The van der Waals surface area contributed by atoms with Crippen molar-refractivity contribution in [3.8, 4) is 0 Å². The molecule has 1 aliphatic rings. The third-order valence-corrected chi connectivity index (χ3v) is 2.65. The van der Waals surface area contributed by atoms with Gasteiger partial charge in [-0.15, -0.1) is 0 Å². The third-order valence-electron chi connectivity index (χ3n) is 2.65. The van der Waals surface area contributed by atoms with Crippen molar-refractivity contribution in [2.24, 2.45) is 0 Å². The standard InChI is InChI=1S/C9H18F2N2/c1-3-8-6-12(2)4-5-13(8)7-9(10)11/h8-9H,3-7H2,1-2H3. The molecule has 0 radical (unpaired) electrons. The van der Waals surface area contributed by atoms with Crippen LogP contribution in [0.5, 0.6) is 0 Å². The van der Waals surface area contributed by atoms with E-state index in [4.69, 9.17) is 0 Å². The average Bonchev–Trinajstić information content (AvgIpc) is 2.07. The molecule has 0 bridgehead atoms. The Hall–Kier alpha value is -0.220. The van der Waals surface area contributed by atoms with Gasteiger partial charge < -0.3 is 4.90 Å². The lowest BCUT2D eigenvalue weighted by molar-refractivity contribution is 0.0263. The minimum atomic E-state index is -2.20. The van der Waals surface area contributed by atoms with Crippen molar-refractivity contribution in [1.82, 2.24) is 9.80 Å². The van der Waals surface area contributed by atoms with Gasteiger partial charge >= 0.3 is 0 Å². The second-order valence-electron chi connectivity index (χ2n) is 3.71. The number of rotatable bonds is 3. The number of hydrogen-bond acceptors (Lipinski definition) is 2. The minimum Gasteiger partial charge on any atom is -0.304 e. The number of piperazine rings is 1. The zero-order valence-electron chi connectivity index (χ0n) is 8.34. The highest BCUT2D eigenvalue weighted by Gasteiger charge is 2.25. The molecular weight excluding hydrogens is 174 g/mol. The molecule has 1 unspecified atom stereocenters. The van der Waals surface area contributed by atoms with Gasteiger partial charge in [0.05, 0.1) is 6.54 Å². The van der Waals surface area contributed by atoms with Crippen molar-refractivity contribution in [2.75, 3.05) is 33.2 Å². The number of alkyl halides is 2. The molecule has 0 aromatic rings. The highest BCUT2D eigenvalue weighted by molar-refractivity contribution is 4.79. The first-order chi connectivity index (χ1) is 6.13. The van der Waals surface area contributed by atoms with Crippen molar-refractivity contribution >= 4 is 0 Å². The molecule has 2 nitrogen and oxygen atoms in total. The van der Waals surface area contributed by atoms with Crippen LogP contribution in [0.3, 0.4) is 0 Å². The second-order valence-corrected chi connectivity index (χ2v) is 3.71. The Morgan fingerprint density at radius 2 is 2.08 bits per heavy atom. The van der Waals surface area contributed by atoms with Gasteiger partial charge in [-0.25, -0.2) is 8.78 Å². The molecule has 1 saturated heterocycles. The summed E-state index contributed by atoms with van der Waals surface area (Å²) >= 11 is 0. The van der Waals surface area contributed by atoms with Gasteiger partial charge in [-0.1, -0.05) is 6.92 Å². The van der Waals surface area contributed by atoms with E-state index >= 15 is 0 Å². The van der Waals surface area contributed by atoms with E-state index in [1.807, 2.05) is 11.9 Å². The molecule has 0 saturated carbocycles. The number of likely N-dealkylation sites (N-methyl/N-ethyl adjacent to an activating group) is 1. The van der Waals surface area contributed by atoms with E-state index in [0.29, 0.717) is 6.04 Å². The highest BCUT2D eigenvalue weighted by Crippen LogP contribution is 2.12. The van der Waals surface area contributed by atoms with Gasteiger partial charge in [0.1, 0.15) is 0 Å². The Morgan fingerprint density at radius 1 is 1.38 bits per heavy atom. The van der Waals surface area contributed by atoms with Crippen molar-refractivity contribution in [3.05, 3.63) is 0 Å². The molecule has 4 heteroatoms. The van der Waals surface area contributed by atoms with Crippen molar-refractivity contribution in [3.63, 3.8) is 0 Å². The van der Waals surface area contributed by atoms with Crippen LogP contribution in [0.2, 0.25) is 0 Å². The monoisotopic (exact) mass is 192 g/mol. The molecule has 0 N–H and O–H groups in total. The summed E-state index contributed by atoms with van der Waals surface area (Å²) in [5.74, 6) is 0. The third kappa shape index (κ3) is 3.19. The summed E-state index contributed by atoms with van der Waals surface area (Å²) in [4.78, 5) is 4.11. The van der Waals surface area contributed by atoms with Crippen LogP contribution in [0, 0.1) is 0 Å². The fourth-order valence-corrected chi connectivity index (χ4v) is 1.85. The number of halogens is 2. The van der Waals surface area contributed by atoms with Crippen LogP contribution in [-0.4, -0.2) is 55.5 Å². The SMILES string of the molecule is CCC1CN(C)CCN1CC(F)F. The molecule has 78 valence electrons. The molecule has 1 aliphatic heterocycles. The van der Waals surface area contributed by atoms with E-state index in [1.165, 1.54) is 0 Å². The van der Waals surface area contributed by atoms with E-state index < -0.39 is 6.43 Å². The lowest BCUT2D eigenvalue weighted by atomic mass is 10.1. The molecule has 0 amide bonds. The van der Waals surface area contributed by atoms with Crippen LogP contribution in [0.15, 0.2) is 0 Å². The Morgan fingerprint density at radius 3 is 2.62 bits per heavy atom. The Labute approximate surface area is 78.5 Å². The first-order valence-corrected chi connectivity index (χ1v) is 4.84. The summed E-state index contributed by atoms with van der Waals surface area (Å²) in [6, 6.07) is 0.313. The molecule has 1 atom stereocenters. The molecule has 0 aliphatic carbocycles. The zero-order valence-corrected chi connectivity index (χ0v) is 8.34. The van der Waals surface area contributed by atoms with Crippen LogP contribution < -0.4 is 0 Å². The smallest absolute Gasteiger partial charge is 0.251 e. The predicted octanol–water partition coefficient (Wildman–Crippen LogP) is 1.28. The fraction of sp³-hybridized carbons (Fsp3) is 1.00. The maximum atomic E-state index is 12.2. The van der Waals surface area contributed by atoms with Gasteiger partial charge in [0.2, 0.25) is 0 Å². The summed E-state index contributed by atoms with van der Waals surface area (Å²) in [6.07, 6.45) is -1.24. The lowest BCUT2D eigenvalue weighted by Gasteiger charge is -2.39. The van der Waals surface area contributed by atoms with Gasteiger partial charge in [0.15, 0.2) is 0 Å². The summed E-state index contributed by atoms with van der Waals surface area (Å²) in [5, 5.41) is 0. The molecule has 1 fully saturated rings. The molecular formula is C9H18F2N2. The number of nitrogens with zero attached hydrogens (tertiary/aromatic N) is 2. The molecule has 0 spiro atoms. The average molecular weight is 192 g/mol. The first-order valence-electron chi connectivity index (χ1n) is 4.84. The normalized spacial score (nSPS) is 27.0. The van der Waals surface area contributed by atoms with Crippen molar-refractivity contribution < 1.29 is 8.78 Å². The maximum absolute atomic E-state index is 12.2. The topological polar surface area (TPSA) is 6.48 Å². The lowest BCUT2D eigenvalue weighted by Crippen LogP contribution is -2.52. The van der Waals surface area contributed by atoms with Gasteiger partial charge in [-0.2, -0.15) is 0 Å². The van der Waals surface area contributed by atoms with E-state index in [2.05, 4.69) is 11.8 Å². The zero-order chi connectivity index (χ0) is 9.84. The highest BCUT2D eigenvalue weighted by atomic mass is 19.3. The van der Waals surface area contributed by atoms with Gasteiger partial charge in [-0.05, 0) is 13.5 Å². The van der Waals surface area contributed by atoms with E-state index in [0.717, 1.165) is 26.1 Å². The summed E-state index contributed by atoms with van der Waals surface area (Å²) in [5.41, 5.74) is 0. The van der Waals surface area contributed by atoms with E-state index in [1.54, 1.807) is 0 Å². The molecule has 0 aromatic heterocycles. The van der Waals surface area contributed by atoms with E-state index in [-0.39, 0.29) is 6.54 Å². The summed E-state index contributed by atoms with van der Waals surface area (Å²) < 4.78 is 24.3. The van der Waals surface area contributed by atoms with Crippen LogP contribution in [-0.2, 0) is 0 Å². The number of hydrogen-bond donors (Lipinski definition) is 0. The van der Waals surface area contributed by atoms with E-state index in [9.17, 15) is 8.78 Å². The Bertz CT molecular complexity index is 153. The quantitative estimate of drug-likeness (QED) is 0.664. The largest absolute Gasteiger partial charge is 0.304 e. The summed E-state index contributed by atoms with van der Waals surface area (Å²) in [6.45, 7) is 4.60. The fourth-order valence-electron chi connectivity index (χ4n) is 1.85. The van der Waals surface area contributed by atoms with Crippen LogP contribution in [0.4, 0.5) is 8.78 Å².